The van der Waals surface area contributed by atoms with Gasteiger partial charge in [-0.2, -0.15) is 4.98 Å². The van der Waals surface area contributed by atoms with Gasteiger partial charge in [0, 0.05) is 0 Å². The quantitative estimate of drug-likeness (QED) is 0.812. The molecule has 0 saturated heterocycles. The predicted molar refractivity (Wildman–Crippen MR) is 63.5 cm³/mol. The Morgan fingerprint density at radius 3 is 2.65 bits per heavy atom. The summed E-state index contributed by atoms with van der Waals surface area (Å²) in [5.41, 5.74) is -0.386. The van der Waals surface area contributed by atoms with Crippen LogP contribution in [-0.4, -0.2) is 29.6 Å². The zero-order chi connectivity index (χ0) is 14.9. The van der Waals surface area contributed by atoms with Gasteiger partial charge in [0.2, 0.25) is 16.4 Å². The lowest BCUT2D eigenvalue weighted by atomic mass is 10.2. The molecule has 0 atom stereocenters. The smallest absolute Gasteiger partial charge is 0.340 e. The number of rotatable bonds is 5. The lowest BCUT2D eigenvalue weighted by Gasteiger charge is -2.04. The highest BCUT2D eigenvalue weighted by Gasteiger charge is 2.30. The van der Waals surface area contributed by atoms with E-state index < -0.39 is 20.9 Å². The van der Waals surface area contributed by atoms with Crippen molar-refractivity contribution in [1.82, 2.24) is 14.9 Å². The highest BCUT2D eigenvalue weighted by Crippen LogP contribution is 2.26. The second kappa shape index (κ2) is 5.06. The Bertz CT molecular complexity index is 731. The summed E-state index contributed by atoms with van der Waals surface area (Å²) >= 11 is 0. The molecule has 20 heavy (non-hydrogen) atoms. The molecule has 0 aliphatic rings. The van der Waals surface area contributed by atoms with Crippen LogP contribution in [0, 0.1) is 13.8 Å². The summed E-state index contributed by atoms with van der Waals surface area (Å²) in [5.74, 6) is -1.22. The van der Waals surface area contributed by atoms with Crippen molar-refractivity contribution in [2.45, 2.75) is 25.3 Å². The molecule has 0 radical (unpaired) electrons. The molecule has 10 heteroatoms. The van der Waals surface area contributed by atoms with Crippen molar-refractivity contribution < 1.29 is 27.3 Å². The predicted octanol–water partition coefficient (Wildman–Crippen LogP) is 0.456. The Labute approximate surface area is 113 Å². The molecule has 2 aromatic heterocycles. The van der Waals surface area contributed by atoms with E-state index in [1.54, 1.807) is 0 Å². The van der Waals surface area contributed by atoms with Gasteiger partial charge in [0.15, 0.2) is 5.82 Å². The van der Waals surface area contributed by atoms with E-state index in [0.717, 1.165) is 6.39 Å². The number of nitrogens with zero attached hydrogens (tertiary/aromatic N) is 2. The molecule has 2 aromatic rings. The van der Waals surface area contributed by atoms with Crippen LogP contribution in [0.25, 0.3) is 0 Å². The molecular weight excluding hydrogens is 290 g/mol. The summed E-state index contributed by atoms with van der Waals surface area (Å²) in [6.07, 6.45) is 1.06. The number of carbonyl (C=O) groups is 1. The van der Waals surface area contributed by atoms with E-state index in [4.69, 9.17) is 9.52 Å². The van der Waals surface area contributed by atoms with Gasteiger partial charge in [0.1, 0.15) is 22.0 Å². The fourth-order valence-corrected chi connectivity index (χ4v) is 3.12. The first kappa shape index (κ1) is 14.2. The zero-order valence-corrected chi connectivity index (χ0v) is 11.4. The lowest BCUT2D eigenvalue weighted by Crippen LogP contribution is -2.25. The fourth-order valence-electron chi connectivity index (χ4n) is 1.74. The lowest BCUT2D eigenvalue weighted by molar-refractivity contribution is 0.0691. The fraction of sp³-hybridized carbons (Fsp3) is 0.300. The zero-order valence-electron chi connectivity index (χ0n) is 10.6. The molecule has 0 spiro atoms. The number of aryl methyl sites for hydroxylation is 2. The van der Waals surface area contributed by atoms with Crippen LogP contribution in [0.15, 0.2) is 20.2 Å². The van der Waals surface area contributed by atoms with Gasteiger partial charge >= 0.3 is 5.97 Å². The monoisotopic (exact) mass is 301 g/mol. The van der Waals surface area contributed by atoms with Crippen molar-refractivity contribution in [1.29, 1.82) is 0 Å². The van der Waals surface area contributed by atoms with E-state index in [0.29, 0.717) is 0 Å². The van der Waals surface area contributed by atoms with E-state index in [9.17, 15) is 13.2 Å². The maximum atomic E-state index is 12.2. The van der Waals surface area contributed by atoms with Gasteiger partial charge in [-0.1, -0.05) is 5.16 Å². The molecule has 0 saturated carbocycles. The van der Waals surface area contributed by atoms with E-state index in [2.05, 4.69) is 19.4 Å². The molecule has 0 aliphatic carbocycles. The molecule has 0 fully saturated rings. The van der Waals surface area contributed by atoms with Crippen LogP contribution in [0.3, 0.4) is 0 Å². The SMILES string of the molecule is Cc1oc(C)c(S(=O)(=O)NCc2ncon2)c1C(=O)O. The van der Waals surface area contributed by atoms with Crippen molar-refractivity contribution in [3.8, 4) is 0 Å². The van der Waals surface area contributed by atoms with Crippen LogP contribution in [0.2, 0.25) is 0 Å². The highest BCUT2D eigenvalue weighted by atomic mass is 32.2. The molecule has 2 heterocycles. The summed E-state index contributed by atoms with van der Waals surface area (Å²) in [7, 11) is -4.07. The van der Waals surface area contributed by atoms with Crippen molar-refractivity contribution in [3.05, 3.63) is 29.3 Å². The van der Waals surface area contributed by atoms with E-state index in [1.807, 2.05) is 0 Å². The second-order valence-corrected chi connectivity index (χ2v) is 5.60. The van der Waals surface area contributed by atoms with Crippen molar-refractivity contribution in [2.75, 3.05) is 0 Å². The number of carboxylic acid groups (broad SMARTS) is 1. The molecule has 0 amide bonds. The van der Waals surface area contributed by atoms with Gasteiger partial charge in [0.05, 0.1) is 6.54 Å². The molecule has 0 bridgehead atoms. The van der Waals surface area contributed by atoms with Crippen LogP contribution < -0.4 is 4.72 Å². The number of sulfonamides is 1. The molecule has 0 aliphatic heterocycles. The summed E-state index contributed by atoms with van der Waals surface area (Å²) in [4.78, 5) is 14.4. The van der Waals surface area contributed by atoms with Crippen molar-refractivity contribution >= 4 is 16.0 Å². The minimum absolute atomic E-state index is 0.000474. The molecule has 108 valence electrons. The summed E-state index contributed by atoms with van der Waals surface area (Å²) in [5, 5.41) is 12.5. The Morgan fingerprint density at radius 2 is 2.10 bits per heavy atom. The molecule has 0 aromatic carbocycles. The van der Waals surface area contributed by atoms with E-state index in [1.165, 1.54) is 13.8 Å². The van der Waals surface area contributed by atoms with Gasteiger partial charge in [-0.15, -0.1) is 0 Å². The number of aromatic carboxylic acids is 1. The molecule has 9 nitrogen and oxygen atoms in total. The van der Waals surface area contributed by atoms with Gasteiger partial charge < -0.3 is 14.0 Å². The van der Waals surface area contributed by atoms with E-state index in [-0.39, 0.29) is 29.5 Å². The van der Waals surface area contributed by atoms with Crippen LogP contribution in [0.1, 0.15) is 27.7 Å². The first-order valence-electron chi connectivity index (χ1n) is 5.41. The third-order valence-electron chi connectivity index (χ3n) is 2.51. The minimum Gasteiger partial charge on any atom is -0.478 e. The maximum absolute atomic E-state index is 12.2. The maximum Gasteiger partial charge on any atom is 0.340 e. The first-order chi connectivity index (χ1) is 9.33. The highest BCUT2D eigenvalue weighted by molar-refractivity contribution is 7.89. The normalized spacial score (nSPS) is 11.7. The van der Waals surface area contributed by atoms with Crippen LogP contribution in [-0.2, 0) is 16.6 Å². The molecule has 2 N–H and O–H groups in total. The third-order valence-corrected chi connectivity index (χ3v) is 4.07. The van der Waals surface area contributed by atoms with Gasteiger partial charge in [0.25, 0.3) is 0 Å². The summed E-state index contributed by atoms with van der Waals surface area (Å²) in [6.45, 7) is 2.54. The standard InChI is InChI=1S/C10H11N3O6S/c1-5-8(10(14)15)9(6(2)19-5)20(16,17)12-3-7-11-4-18-13-7/h4,12H,3H2,1-2H3,(H,14,15). The first-order valence-corrected chi connectivity index (χ1v) is 6.89. The number of nitrogens with one attached hydrogen (secondary N) is 1. The second-order valence-electron chi connectivity index (χ2n) is 3.90. The number of carboxylic acids is 1. The average molecular weight is 301 g/mol. The Balaban J connectivity index is 2.37. The Hall–Kier alpha value is -2.20. The number of furan rings is 1. The van der Waals surface area contributed by atoms with Gasteiger partial charge in [-0.05, 0) is 13.8 Å². The molecule has 2 rings (SSSR count). The van der Waals surface area contributed by atoms with Crippen molar-refractivity contribution in [2.24, 2.45) is 0 Å². The Kier molecular flexibility index (Phi) is 3.59. The number of aromatic nitrogens is 2. The van der Waals surface area contributed by atoms with Crippen molar-refractivity contribution in [3.63, 3.8) is 0 Å². The number of hydrogen-bond acceptors (Lipinski definition) is 7. The van der Waals surface area contributed by atoms with E-state index >= 15 is 0 Å². The third kappa shape index (κ3) is 2.56. The topological polar surface area (TPSA) is 136 Å². The van der Waals surface area contributed by atoms with Crippen LogP contribution in [0.4, 0.5) is 0 Å². The van der Waals surface area contributed by atoms with Gasteiger partial charge in [-0.3, -0.25) is 0 Å². The molecular formula is C10H11N3O6S. The summed E-state index contributed by atoms with van der Waals surface area (Å²) < 4.78 is 36.1. The van der Waals surface area contributed by atoms with Gasteiger partial charge in [-0.25, -0.2) is 17.9 Å². The molecule has 0 unspecified atom stereocenters. The largest absolute Gasteiger partial charge is 0.478 e. The minimum atomic E-state index is -4.07. The van der Waals surface area contributed by atoms with Crippen LogP contribution in [0.5, 0.6) is 0 Å². The van der Waals surface area contributed by atoms with Crippen LogP contribution >= 0.6 is 0 Å². The number of hydrogen-bond donors (Lipinski definition) is 2. The summed E-state index contributed by atoms with van der Waals surface area (Å²) in [6, 6.07) is 0. The average Bonchev–Trinajstić information content (AvgIpc) is 2.94. The Morgan fingerprint density at radius 1 is 1.40 bits per heavy atom.